The molecule has 13 nitrogen and oxygen atoms in total. The number of hydrogen-bond acceptors (Lipinski definition) is 12. The number of carbonyl (C=O) groups excluding carboxylic acids is 2. The molecule has 2 aromatic rings. The maximum Gasteiger partial charge on any atom is 0.353 e. The molecule has 4 heterocycles. The molecular weight excluding hydrogens is 468 g/mol. The molecule has 0 unspecified atom stereocenters. The second-order valence-corrected chi connectivity index (χ2v) is 9.23. The molecule has 0 radical (unpaired) electrons. The quantitative estimate of drug-likeness (QED) is 0.149. The molecule has 0 aliphatic carbocycles. The van der Waals surface area contributed by atoms with E-state index in [0.717, 1.165) is 16.2 Å². The number of thiazole rings is 1. The monoisotopic (exact) mass is 482 g/mol. The van der Waals surface area contributed by atoms with Gasteiger partial charge in [0.05, 0.1) is 5.75 Å². The van der Waals surface area contributed by atoms with Gasteiger partial charge in [-0.15, -0.1) is 34.9 Å². The van der Waals surface area contributed by atoms with Crippen LogP contribution in [0.25, 0.3) is 0 Å². The topological polar surface area (TPSA) is 200 Å². The van der Waals surface area contributed by atoms with Crippen LogP contribution in [0, 0.1) is 0 Å². The lowest BCUT2D eigenvalue weighted by Crippen LogP contribution is -2.71. The first kappa shape index (κ1) is 21.1. The Morgan fingerprint density at radius 1 is 1.48 bits per heavy atom. The largest absolute Gasteiger partial charge is 0.477 e. The van der Waals surface area contributed by atoms with Gasteiger partial charge in [-0.2, -0.15) is 5.10 Å². The smallest absolute Gasteiger partial charge is 0.353 e. The molecule has 1 fully saturated rings. The molecule has 0 aromatic carbocycles. The van der Waals surface area contributed by atoms with E-state index in [-0.39, 0.29) is 16.5 Å². The third-order valence-electron chi connectivity index (χ3n) is 4.34. The van der Waals surface area contributed by atoms with Gasteiger partial charge in [0, 0.05) is 16.0 Å². The number of nitrogens with one attached hydrogen (secondary N) is 2. The number of anilines is 1. The van der Waals surface area contributed by atoms with Crippen LogP contribution in [0.1, 0.15) is 11.5 Å². The lowest BCUT2D eigenvalue weighted by atomic mass is 10.0. The number of carbonyl (C=O) groups is 3. The van der Waals surface area contributed by atoms with Crippen LogP contribution in [-0.4, -0.2) is 76.0 Å². The van der Waals surface area contributed by atoms with Crippen LogP contribution in [0.15, 0.2) is 27.5 Å². The van der Waals surface area contributed by atoms with E-state index in [2.05, 4.69) is 30.6 Å². The molecule has 1 saturated heterocycles. The van der Waals surface area contributed by atoms with Crippen molar-refractivity contribution in [1.29, 1.82) is 0 Å². The van der Waals surface area contributed by atoms with Gasteiger partial charge in [0.25, 0.3) is 11.8 Å². The number of nitrogen functional groups attached to an aromatic ring is 1. The van der Waals surface area contributed by atoms with Crippen LogP contribution in [0.2, 0.25) is 0 Å². The van der Waals surface area contributed by atoms with E-state index in [4.69, 9.17) is 5.73 Å². The summed E-state index contributed by atoms with van der Waals surface area (Å²) in [6, 6.07) is -0.973. The van der Waals surface area contributed by atoms with Crippen molar-refractivity contribution in [3.63, 3.8) is 0 Å². The molecule has 31 heavy (non-hydrogen) atoms. The number of nitrogens with zero attached hydrogens (tertiary/aromatic N) is 5. The van der Waals surface area contributed by atoms with E-state index in [0.29, 0.717) is 22.2 Å². The Balaban J connectivity index is 1.48. The summed E-state index contributed by atoms with van der Waals surface area (Å²) in [5.74, 6) is -1.45. The summed E-state index contributed by atoms with van der Waals surface area (Å²) >= 11 is 3.61. The Bertz CT molecular complexity index is 1100. The predicted octanol–water partition coefficient (Wildman–Crippen LogP) is -0.349. The Hall–Kier alpha value is -3.11. The minimum Gasteiger partial charge on any atom is -0.477 e. The van der Waals surface area contributed by atoms with Crippen LogP contribution in [0.5, 0.6) is 0 Å². The number of carboxylic acids is 1. The fourth-order valence-electron chi connectivity index (χ4n) is 2.98. The molecule has 2 atom stereocenters. The van der Waals surface area contributed by atoms with E-state index in [1.807, 2.05) is 0 Å². The van der Waals surface area contributed by atoms with Crippen LogP contribution in [0.4, 0.5) is 5.13 Å². The van der Waals surface area contributed by atoms with Crippen LogP contribution < -0.4 is 11.1 Å². The average Bonchev–Trinajstić information content (AvgIpc) is 3.42. The summed E-state index contributed by atoms with van der Waals surface area (Å²) < 4.78 is 0. The van der Waals surface area contributed by atoms with Gasteiger partial charge >= 0.3 is 5.97 Å². The Morgan fingerprint density at radius 2 is 2.29 bits per heavy atom. The summed E-state index contributed by atoms with van der Waals surface area (Å²) in [7, 11) is 0. The number of β-lactam (4-membered cyclic amide) rings is 1. The van der Waals surface area contributed by atoms with Gasteiger partial charge in [-0.3, -0.25) is 19.6 Å². The van der Waals surface area contributed by atoms with Crippen LogP contribution in [-0.2, 0) is 20.1 Å². The van der Waals surface area contributed by atoms with Crippen molar-refractivity contribution in [1.82, 2.24) is 30.4 Å². The molecule has 2 amide bonds. The number of carboxylic acid groups (broad SMARTS) is 1. The first-order valence-corrected chi connectivity index (χ1v) is 11.4. The minimum atomic E-state index is -1.24. The molecule has 6 N–H and O–H groups in total. The van der Waals surface area contributed by atoms with E-state index in [9.17, 15) is 24.7 Å². The van der Waals surface area contributed by atoms with E-state index >= 15 is 0 Å². The zero-order valence-electron chi connectivity index (χ0n) is 15.4. The fraction of sp³-hybridized carbons (Fsp3) is 0.267. The van der Waals surface area contributed by atoms with Crippen molar-refractivity contribution < 1.29 is 24.7 Å². The summed E-state index contributed by atoms with van der Waals surface area (Å²) in [5.41, 5.74) is 5.09. The molecule has 16 heteroatoms. The molecule has 4 rings (SSSR count). The van der Waals surface area contributed by atoms with Crippen molar-refractivity contribution in [3.05, 3.63) is 33.8 Å². The lowest BCUT2D eigenvalue weighted by Gasteiger charge is -2.49. The molecular formula is C15H14N8O5S3. The average molecular weight is 483 g/mol. The number of thioether (sulfide) groups is 2. The third kappa shape index (κ3) is 3.96. The fourth-order valence-corrected chi connectivity index (χ4v) is 6.02. The van der Waals surface area contributed by atoms with Crippen molar-refractivity contribution in [2.24, 2.45) is 5.16 Å². The second-order valence-electron chi connectivity index (χ2n) is 6.16. The maximum absolute atomic E-state index is 12.7. The summed E-state index contributed by atoms with van der Waals surface area (Å²) in [4.78, 5) is 46.6. The number of H-pyrrole nitrogens is 1. The highest BCUT2D eigenvalue weighted by Gasteiger charge is 2.54. The molecule has 0 spiro atoms. The summed E-state index contributed by atoms with van der Waals surface area (Å²) in [5, 5.41) is 31.9. The SMILES string of the molecule is Nc1nc(/C(=N/O)C(=O)N[C@@H]2C(=O)N3C(C(=O)O)=C(SCc4nc[nH]n4)CS[C@H]23)cs1. The summed E-state index contributed by atoms with van der Waals surface area (Å²) in [6.07, 6.45) is 1.42. The van der Waals surface area contributed by atoms with Gasteiger partial charge in [-0.1, -0.05) is 5.16 Å². The summed E-state index contributed by atoms with van der Waals surface area (Å²) in [6.45, 7) is 0. The normalized spacial score (nSPS) is 21.0. The highest BCUT2D eigenvalue weighted by atomic mass is 32.2. The second kappa shape index (κ2) is 8.56. The molecule has 2 aliphatic heterocycles. The predicted molar refractivity (Wildman–Crippen MR) is 112 cm³/mol. The van der Waals surface area contributed by atoms with Gasteiger partial charge in [0.2, 0.25) is 0 Å². The number of fused-ring (bicyclic) bond motifs is 1. The first-order valence-electron chi connectivity index (χ1n) is 8.53. The molecule has 0 bridgehead atoms. The number of aromatic amines is 1. The van der Waals surface area contributed by atoms with Crippen molar-refractivity contribution >= 4 is 63.5 Å². The third-order valence-corrected chi connectivity index (χ3v) is 7.57. The Morgan fingerprint density at radius 3 is 2.90 bits per heavy atom. The number of hydrogen-bond donors (Lipinski definition) is 5. The van der Waals surface area contributed by atoms with Crippen molar-refractivity contribution in [2.45, 2.75) is 17.2 Å². The van der Waals surface area contributed by atoms with Crippen molar-refractivity contribution in [2.75, 3.05) is 11.5 Å². The van der Waals surface area contributed by atoms with Crippen LogP contribution >= 0.6 is 34.9 Å². The number of rotatable bonds is 7. The van der Waals surface area contributed by atoms with Gasteiger partial charge in [-0.05, 0) is 0 Å². The van der Waals surface area contributed by atoms with E-state index in [1.165, 1.54) is 35.2 Å². The maximum atomic E-state index is 12.7. The van der Waals surface area contributed by atoms with Crippen molar-refractivity contribution in [3.8, 4) is 0 Å². The number of nitrogens with two attached hydrogens (primary N) is 1. The molecule has 162 valence electrons. The number of amides is 2. The zero-order chi connectivity index (χ0) is 22.1. The van der Waals surface area contributed by atoms with Gasteiger partial charge in [0.15, 0.2) is 16.7 Å². The highest BCUT2D eigenvalue weighted by Crippen LogP contribution is 2.43. The van der Waals surface area contributed by atoms with E-state index < -0.39 is 34.9 Å². The standard InChI is InChI=1S/C15H14N8O5S3/c16-15-19-5(1-31-15)8(22-28)11(24)20-9-12(25)23-10(14(26)27)6(2-30-13(9)23)29-3-7-17-4-18-21-7/h1,4,9,13,28H,2-3H2,(H2,16,19)(H,20,24)(H,26,27)(H,17,18,21)/b22-8-/t9-,13-/m1/s1. The number of aromatic nitrogens is 4. The minimum absolute atomic E-state index is 0.0687. The lowest BCUT2D eigenvalue weighted by molar-refractivity contribution is -0.150. The highest BCUT2D eigenvalue weighted by molar-refractivity contribution is 8.05. The molecule has 2 aliphatic rings. The van der Waals surface area contributed by atoms with Gasteiger partial charge < -0.3 is 21.4 Å². The van der Waals surface area contributed by atoms with Gasteiger partial charge in [0.1, 0.15) is 29.1 Å². The number of aliphatic carboxylic acids is 1. The zero-order valence-corrected chi connectivity index (χ0v) is 17.8. The number of oxime groups is 1. The van der Waals surface area contributed by atoms with Crippen LogP contribution in [0.3, 0.4) is 0 Å². The Labute approximate surface area is 186 Å². The molecule has 2 aromatic heterocycles. The van der Waals surface area contributed by atoms with E-state index in [1.54, 1.807) is 0 Å². The van der Waals surface area contributed by atoms with Gasteiger partial charge in [-0.25, -0.2) is 14.8 Å². The molecule has 0 saturated carbocycles. The first-order chi connectivity index (χ1) is 14.9. The Kier molecular flexibility index (Phi) is 5.84.